The van der Waals surface area contributed by atoms with Crippen LogP contribution in [0.1, 0.15) is 22.3 Å². The third-order valence-electron chi connectivity index (χ3n) is 4.52. The molecule has 0 aromatic heterocycles. The molecule has 0 spiro atoms. The van der Waals surface area contributed by atoms with E-state index in [0.29, 0.717) is 0 Å². The first-order valence-electron chi connectivity index (χ1n) is 7.77. The second kappa shape index (κ2) is 5.47. The Hall–Kier alpha value is -2.75. The Morgan fingerprint density at radius 3 is 2.70 bits per heavy atom. The van der Waals surface area contributed by atoms with Gasteiger partial charge < -0.3 is 15.0 Å². The summed E-state index contributed by atoms with van der Waals surface area (Å²) in [7, 11) is 1.66. The van der Waals surface area contributed by atoms with Gasteiger partial charge in [-0.25, -0.2) is 0 Å². The number of hydrogen-bond acceptors (Lipinski definition) is 3. The smallest absolute Gasteiger partial charge is 0.260 e. The number of carbonyl (C=O) groups is 1. The summed E-state index contributed by atoms with van der Waals surface area (Å²) in [5.74, 6) is 0.910. The van der Waals surface area contributed by atoms with Crippen molar-refractivity contribution in [2.24, 2.45) is 0 Å². The van der Waals surface area contributed by atoms with Gasteiger partial charge in [0.25, 0.3) is 5.91 Å². The van der Waals surface area contributed by atoms with E-state index in [-0.39, 0.29) is 11.9 Å². The molecule has 0 saturated carbocycles. The highest BCUT2D eigenvalue weighted by Crippen LogP contribution is 2.34. The van der Waals surface area contributed by atoms with Crippen molar-refractivity contribution in [3.63, 3.8) is 0 Å². The lowest BCUT2D eigenvalue weighted by atomic mass is 10.0. The molecule has 0 bridgehead atoms. The van der Waals surface area contributed by atoms with Gasteiger partial charge in [0.2, 0.25) is 0 Å². The van der Waals surface area contributed by atoms with Crippen LogP contribution in [0.15, 0.2) is 54.7 Å². The van der Waals surface area contributed by atoms with E-state index < -0.39 is 0 Å². The number of nitrogens with one attached hydrogen (secondary N) is 1. The van der Waals surface area contributed by atoms with E-state index in [4.69, 9.17) is 4.74 Å². The van der Waals surface area contributed by atoms with E-state index in [0.717, 1.165) is 35.5 Å². The van der Waals surface area contributed by atoms with Crippen LogP contribution in [-0.4, -0.2) is 30.5 Å². The van der Waals surface area contributed by atoms with Gasteiger partial charge in [0.15, 0.2) is 0 Å². The van der Waals surface area contributed by atoms with E-state index in [1.54, 1.807) is 7.11 Å². The molecular weight excluding hydrogens is 288 g/mol. The number of anilines is 1. The Bertz CT molecular complexity index is 780. The van der Waals surface area contributed by atoms with Crippen molar-refractivity contribution in [3.05, 3.63) is 65.9 Å². The summed E-state index contributed by atoms with van der Waals surface area (Å²) in [6.07, 6.45) is 2.86. The molecule has 4 rings (SSSR count). The van der Waals surface area contributed by atoms with Gasteiger partial charge in [0.1, 0.15) is 5.75 Å². The summed E-state index contributed by atoms with van der Waals surface area (Å²) >= 11 is 0. The third kappa shape index (κ3) is 2.36. The number of ether oxygens (including phenoxy) is 1. The van der Waals surface area contributed by atoms with E-state index in [1.807, 2.05) is 59.6 Å². The van der Waals surface area contributed by atoms with Crippen molar-refractivity contribution in [2.75, 3.05) is 19.0 Å². The van der Waals surface area contributed by atoms with Crippen LogP contribution in [0.5, 0.6) is 5.75 Å². The van der Waals surface area contributed by atoms with Crippen LogP contribution >= 0.6 is 0 Å². The zero-order valence-electron chi connectivity index (χ0n) is 13.0. The summed E-state index contributed by atoms with van der Waals surface area (Å²) in [4.78, 5) is 14.7. The number of hydrogen-bond donors (Lipinski definition) is 1. The average Bonchev–Trinajstić information content (AvgIpc) is 2.99. The van der Waals surface area contributed by atoms with Crippen molar-refractivity contribution in [1.29, 1.82) is 0 Å². The highest BCUT2D eigenvalue weighted by molar-refractivity contribution is 6.02. The Kier molecular flexibility index (Phi) is 3.30. The largest absolute Gasteiger partial charge is 0.497 e. The summed E-state index contributed by atoms with van der Waals surface area (Å²) in [5.41, 5.74) is 3.99. The van der Waals surface area contributed by atoms with Crippen LogP contribution in [0.4, 0.5) is 5.69 Å². The van der Waals surface area contributed by atoms with Crippen molar-refractivity contribution in [3.8, 4) is 5.75 Å². The minimum absolute atomic E-state index is 0.0686. The van der Waals surface area contributed by atoms with Crippen LogP contribution in [-0.2, 0) is 0 Å². The SMILES string of the molecule is COc1ccc(C2=CN3C(=O)c4ccccc4NCC3C2)cc1. The topological polar surface area (TPSA) is 41.6 Å². The van der Waals surface area contributed by atoms with Crippen LogP contribution in [0.2, 0.25) is 0 Å². The molecule has 4 nitrogen and oxygen atoms in total. The normalized spacial score (nSPS) is 19.3. The van der Waals surface area contributed by atoms with Gasteiger partial charge in [0.05, 0.1) is 18.7 Å². The molecule has 0 fully saturated rings. The minimum atomic E-state index is 0.0686. The summed E-state index contributed by atoms with van der Waals surface area (Å²) in [6, 6.07) is 15.9. The van der Waals surface area contributed by atoms with Gasteiger partial charge in [0, 0.05) is 18.4 Å². The number of rotatable bonds is 2. The predicted molar refractivity (Wildman–Crippen MR) is 90.5 cm³/mol. The molecule has 0 radical (unpaired) electrons. The number of carbonyl (C=O) groups excluding carboxylic acids is 1. The zero-order valence-corrected chi connectivity index (χ0v) is 13.0. The Labute approximate surface area is 135 Å². The first-order valence-corrected chi connectivity index (χ1v) is 7.77. The monoisotopic (exact) mass is 306 g/mol. The fraction of sp³-hybridized carbons (Fsp3) is 0.211. The van der Waals surface area contributed by atoms with Crippen LogP contribution in [0.3, 0.4) is 0 Å². The Morgan fingerprint density at radius 2 is 1.91 bits per heavy atom. The molecule has 2 aliphatic rings. The lowest BCUT2D eigenvalue weighted by Gasteiger charge is -2.20. The first-order chi connectivity index (χ1) is 11.3. The fourth-order valence-corrected chi connectivity index (χ4v) is 3.26. The molecule has 2 aromatic carbocycles. The van der Waals surface area contributed by atoms with Gasteiger partial charge in [-0.05, 0) is 41.8 Å². The molecule has 4 heteroatoms. The first kappa shape index (κ1) is 13.9. The molecule has 116 valence electrons. The average molecular weight is 306 g/mol. The van der Waals surface area contributed by atoms with Gasteiger partial charge in [-0.3, -0.25) is 4.79 Å². The van der Waals surface area contributed by atoms with E-state index >= 15 is 0 Å². The number of methoxy groups -OCH3 is 1. The van der Waals surface area contributed by atoms with E-state index in [2.05, 4.69) is 5.32 Å². The fourth-order valence-electron chi connectivity index (χ4n) is 3.26. The van der Waals surface area contributed by atoms with Gasteiger partial charge >= 0.3 is 0 Å². The van der Waals surface area contributed by atoms with Crippen LogP contribution in [0, 0.1) is 0 Å². The maximum absolute atomic E-state index is 12.8. The highest BCUT2D eigenvalue weighted by atomic mass is 16.5. The molecule has 0 saturated heterocycles. The third-order valence-corrected chi connectivity index (χ3v) is 4.52. The van der Waals surface area contributed by atoms with Crippen LogP contribution < -0.4 is 10.1 Å². The second-order valence-electron chi connectivity index (χ2n) is 5.88. The Balaban J connectivity index is 1.66. The van der Waals surface area contributed by atoms with Gasteiger partial charge in [-0.1, -0.05) is 24.3 Å². The standard InChI is InChI=1S/C19H18N2O2/c1-23-16-8-6-13(7-9-16)14-10-15-11-20-18-5-3-2-4-17(18)19(22)21(15)12-14/h2-9,12,15,20H,10-11H2,1H3. The molecule has 0 aliphatic carbocycles. The maximum atomic E-state index is 12.8. The summed E-state index contributed by atoms with van der Waals surface area (Å²) in [5, 5.41) is 3.40. The number of fused-ring (bicyclic) bond motifs is 2. The lowest BCUT2D eigenvalue weighted by Crippen LogP contribution is -2.34. The molecule has 2 aromatic rings. The quantitative estimate of drug-likeness (QED) is 0.925. The molecule has 1 amide bonds. The molecule has 2 heterocycles. The molecule has 1 atom stereocenters. The lowest BCUT2D eigenvalue weighted by molar-refractivity contribution is 0.0797. The number of nitrogens with zero attached hydrogens (tertiary/aromatic N) is 1. The highest BCUT2D eigenvalue weighted by Gasteiger charge is 2.33. The van der Waals surface area contributed by atoms with Gasteiger partial charge in [-0.15, -0.1) is 0 Å². The number of benzene rings is 2. The number of para-hydroxylation sites is 1. The van der Waals surface area contributed by atoms with Crippen molar-refractivity contribution in [1.82, 2.24) is 4.90 Å². The second-order valence-corrected chi connectivity index (χ2v) is 5.88. The van der Waals surface area contributed by atoms with Crippen LogP contribution in [0.25, 0.3) is 5.57 Å². The van der Waals surface area contributed by atoms with Crippen molar-refractivity contribution < 1.29 is 9.53 Å². The Morgan fingerprint density at radius 1 is 1.13 bits per heavy atom. The van der Waals surface area contributed by atoms with Crippen molar-refractivity contribution >= 4 is 17.2 Å². The zero-order chi connectivity index (χ0) is 15.8. The molecule has 2 aliphatic heterocycles. The maximum Gasteiger partial charge on any atom is 0.260 e. The molecule has 23 heavy (non-hydrogen) atoms. The molecule has 1 unspecified atom stereocenters. The predicted octanol–water partition coefficient (Wildman–Crippen LogP) is 3.38. The van der Waals surface area contributed by atoms with Crippen molar-refractivity contribution in [2.45, 2.75) is 12.5 Å². The molecule has 1 N–H and O–H groups in total. The van der Waals surface area contributed by atoms with E-state index in [1.165, 1.54) is 5.57 Å². The molecular formula is C19H18N2O2. The summed E-state index contributed by atoms with van der Waals surface area (Å²) in [6.45, 7) is 0.763. The minimum Gasteiger partial charge on any atom is -0.497 e. The summed E-state index contributed by atoms with van der Waals surface area (Å²) < 4.78 is 5.21. The van der Waals surface area contributed by atoms with E-state index in [9.17, 15) is 4.79 Å². The van der Waals surface area contributed by atoms with Gasteiger partial charge in [-0.2, -0.15) is 0 Å². The number of amides is 1.